The molecule has 1 nitrogen and oxygen atoms in total. The average Bonchev–Trinajstić information content (AvgIpc) is 2.39. The zero-order valence-electron chi connectivity index (χ0n) is 12.0. The van der Waals surface area contributed by atoms with Gasteiger partial charge in [-0.2, -0.15) is 0 Å². The first kappa shape index (κ1) is 13.5. The normalized spacial score (nSPS) is 10.8. The number of carbonyl (C=O) groups excluding carboxylic acids is 1. The lowest BCUT2D eigenvalue weighted by atomic mass is 9.94. The van der Waals surface area contributed by atoms with Gasteiger partial charge in [-0.3, -0.25) is 4.79 Å². The standard InChI is InChI=1S/C18H20O/c1-12(2)15-7-9-16(10-8-15)18-11-17(14(4)19)6-5-13(18)3/h5-12H,1-4H3. The fourth-order valence-corrected chi connectivity index (χ4v) is 2.20. The van der Waals surface area contributed by atoms with Crippen LogP contribution >= 0.6 is 0 Å². The number of benzene rings is 2. The third kappa shape index (κ3) is 2.93. The van der Waals surface area contributed by atoms with E-state index in [1.807, 2.05) is 18.2 Å². The first-order valence-electron chi connectivity index (χ1n) is 6.71. The molecule has 1 heteroatoms. The van der Waals surface area contributed by atoms with E-state index in [1.165, 1.54) is 16.7 Å². The summed E-state index contributed by atoms with van der Waals surface area (Å²) in [4.78, 5) is 11.5. The third-order valence-electron chi connectivity index (χ3n) is 3.53. The van der Waals surface area contributed by atoms with Gasteiger partial charge in [-0.1, -0.05) is 50.2 Å². The predicted molar refractivity (Wildman–Crippen MR) is 80.7 cm³/mol. The van der Waals surface area contributed by atoms with Crippen molar-refractivity contribution in [1.82, 2.24) is 0 Å². The maximum atomic E-state index is 11.5. The van der Waals surface area contributed by atoms with Crippen LogP contribution in [0.1, 0.15) is 48.2 Å². The van der Waals surface area contributed by atoms with Crippen molar-refractivity contribution in [1.29, 1.82) is 0 Å². The second kappa shape index (κ2) is 5.40. The zero-order valence-corrected chi connectivity index (χ0v) is 12.0. The number of hydrogen-bond donors (Lipinski definition) is 0. The number of aryl methyl sites for hydroxylation is 1. The van der Waals surface area contributed by atoms with Crippen LogP contribution in [0, 0.1) is 6.92 Å². The summed E-state index contributed by atoms with van der Waals surface area (Å²) in [5, 5.41) is 0. The fourth-order valence-electron chi connectivity index (χ4n) is 2.20. The Balaban J connectivity index is 2.46. The highest BCUT2D eigenvalue weighted by Gasteiger charge is 2.07. The van der Waals surface area contributed by atoms with Crippen LogP contribution in [0.3, 0.4) is 0 Å². The summed E-state index contributed by atoms with van der Waals surface area (Å²) in [7, 11) is 0. The van der Waals surface area contributed by atoms with Crippen LogP contribution in [0.25, 0.3) is 11.1 Å². The molecular formula is C18H20O. The minimum Gasteiger partial charge on any atom is -0.295 e. The summed E-state index contributed by atoms with van der Waals surface area (Å²) < 4.78 is 0. The monoisotopic (exact) mass is 252 g/mol. The first-order valence-corrected chi connectivity index (χ1v) is 6.71. The predicted octanol–water partition coefficient (Wildman–Crippen LogP) is 4.99. The topological polar surface area (TPSA) is 17.1 Å². The van der Waals surface area contributed by atoms with Gasteiger partial charge in [0.25, 0.3) is 0 Å². The van der Waals surface area contributed by atoms with Gasteiger partial charge < -0.3 is 0 Å². The lowest BCUT2D eigenvalue weighted by Crippen LogP contribution is -1.94. The molecule has 0 aliphatic rings. The van der Waals surface area contributed by atoms with E-state index in [0.29, 0.717) is 5.92 Å². The highest BCUT2D eigenvalue weighted by atomic mass is 16.1. The largest absolute Gasteiger partial charge is 0.295 e. The van der Waals surface area contributed by atoms with E-state index in [4.69, 9.17) is 0 Å². The summed E-state index contributed by atoms with van der Waals surface area (Å²) >= 11 is 0. The zero-order chi connectivity index (χ0) is 14.0. The Morgan fingerprint density at radius 3 is 2.16 bits per heavy atom. The van der Waals surface area contributed by atoms with E-state index < -0.39 is 0 Å². The average molecular weight is 252 g/mol. The summed E-state index contributed by atoms with van der Waals surface area (Å²) in [6.07, 6.45) is 0. The van der Waals surface area contributed by atoms with Gasteiger partial charge in [0.15, 0.2) is 5.78 Å². The molecule has 0 saturated heterocycles. The molecule has 0 saturated carbocycles. The molecule has 0 radical (unpaired) electrons. The van der Waals surface area contributed by atoms with Crippen molar-refractivity contribution in [3.8, 4) is 11.1 Å². The minimum atomic E-state index is 0.111. The van der Waals surface area contributed by atoms with Gasteiger partial charge >= 0.3 is 0 Å². The maximum Gasteiger partial charge on any atom is 0.159 e. The summed E-state index contributed by atoms with van der Waals surface area (Å²) in [6, 6.07) is 14.5. The quantitative estimate of drug-likeness (QED) is 0.703. The van der Waals surface area contributed by atoms with Gasteiger partial charge in [0.2, 0.25) is 0 Å². The highest BCUT2D eigenvalue weighted by Crippen LogP contribution is 2.26. The van der Waals surface area contributed by atoms with Gasteiger partial charge in [0.1, 0.15) is 0 Å². The van der Waals surface area contributed by atoms with Gasteiger partial charge in [0, 0.05) is 5.56 Å². The molecule has 0 N–H and O–H groups in total. The van der Waals surface area contributed by atoms with Gasteiger partial charge in [-0.25, -0.2) is 0 Å². The Morgan fingerprint density at radius 1 is 1.00 bits per heavy atom. The number of rotatable bonds is 3. The summed E-state index contributed by atoms with van der Waals surface area (Å²) in [6.45, 7) is 8.07. The molecule has 98 valence electrons. The summed E-state index contributed by atoms with van der Waals surface area (Å²) in [5.74, 6) is 0.652. The van der Waals surface area contributed by atoms with Crippen LogP contribution in [0.5, 0.6) is 0 Å². The molecule has 0 aliphatic heterocycles. The van der Waals surface area contributed by atoms with E-state index in [2.05, 4.69) is 45.0 Å². The molecule has 0 unspecified atom stereocenters. The molecule has 0 aromatic heterocycles. The molecule has 0 bridgehead atoms. The van der Waals surface area contributed by atoms with Gasteiger partial charge in [-0.15, -0.1) is 0 Å². The van der Waals surface area contributed by atoms with E-state index >= 15 is 0 Å². The second-order valence-electron chi connectivity index (χ2n) is 5.36. The van der Waals surface area contributed by atoms with Crippen LogP contribution < -0.4 is 0 Å². The maximum absolute atomic E-state index is 11.5. The lowest BCUT2D eigenvalue weighted by Gasteiger charge is -2.10. The molecular weight excluding hydrogens is 232 g/mol. The molecule has 2 aromatic carbocycles. The Morgan fingerprint density at radius 2 is 1.63 bits per heavy atom. The van der Waals surface area contributed by atoms with Crippen molar-refractivity contribution >= 4 is 5.78 Å². The first-order chi connectivity index (χ1) is 8.99. The van der Waals surface area contributed by atoms with Gasteiger partial charge in [-0.05, 0) is 48.1 Å². The van der Waals surface area contributed by atoms with Crippen LogP contribution in [0.4, 0.5) is 0 Å². The molecule has 2 aromatic rings. The Hall–Kier alpha value is -1.89. The molecule has 0 fully saturated rings. The van der Waals surface area contributed by atoms with Crippen LogP contribution in [0.15, 0.2) is 42.5 Å². The highest BCUT2D eigenvalue weighted by molar-refractivity contribution is 5.95. The Labute approximate surface area is 115 Å². The van der Waals surface area contributed by atoms with Crippen LogP contribution in [-0.4, -0.2) is 5.78 Å². The minimum absolute atomic E-state index is 0.111. The van der Waals surface area contributed by atoms with E-state index in [0.717, 1.165) is 11.1 Å². The molecule has 0 heterocycles. The lowest BCUT2D eigenvalue weighted by molar-refractivity contribution is 0.101. The van der Waals surface area contributed by atoms with Crippen molar-refractivity contribution in [3.05, 3.63) is 59.2 Å². The SMILES string of the molecule is CC(=O)c1ccc(C)c(-c2ccc(C(C)C)cc2)c1. The molecule has 0 amide bonds. The third-order valence-corrected chi connectivity index (χ3v) is 3.53. The van der Waals surface area contributed by atoms with Crippen molar-refractivity contribution in [2.45, 2.75) is 33.6 Å². The molecule has 0 atom stereocenters. The number of Topliss-reactive ketones (excluding diaryl/α,β-unsaturated/α-hetero) is 1. The fraction of sp³-hybridized carbons (Fsp3) is 0.278. The molecule has 0 spiro atoms. The van der Waals surface area contributed by atoms with Crippen LogP contribution in [0.2, 0.25) is 0 Å². The second-order valence-corrected chi connectivity index (χ2v) is 5.36. The van der Waals surface area contributed by atoms with E-state index in [1.54, 1.807) is 6.92 Å². The Kier molecular flexibility index (Phi) is 3.84. The number of carbonyl (C=O) groups is 1. The number of ketones is 1. The van der Waals surface area contributed by atoms with Crippen molar-refractivity contribution in [2.24, 2.45) is 0 Å². The van der Waals surface area contributed by atoms with E-state index in [-0.39, 0.29) is 5.78 Å². The van der Waals surface area contributed by atoms with Crippen molar-refractivity contribution < 1.29 is 4.79 Å². The molecule has 2 rings (SSSR count). The smallest absolute Gasteiger partial charge is 0.159 e. The molecule has 0 aliphatic carbocycles. The summed E-state index contributed by atoms with van der Waals surface area (Å²) in [5.41, 5.74) is 5.62. The molecule has 19 heavy (non-hydrogen) atoms. The van der Waals surface area contributed by atoms with Gasteiger partial charge in [0.05, 0.1) is 0 Å². The Bertz CT molecular complexity index is 592. The van der Waals surface area contributed by atoms with Crippen LogP contribution in [-0.2, 0) is 0 Å². The van der Waals surface area contributed by atoms with Crippen molar-refractivity contribution in [3.63, 3.8) is 0 Å². The van der Waals surface area contributed by atoms with Crippen molar-refractivity contribution in [2.75, 3.05) is 0 Å². The number of hydrogen-bond acceptors (Lipinski definition) is 1. The van der Waals surface area contributed by atoms with E-state index in [9.17, 15) is 4.79 Å².